The van der Waals surface area contributed by atoms with Crippen molar-refractivity contribution < 1.29 is 4.79 Å². The SMILES string of the molecule is Cc1nc(-c2c[nH]c(C(=O)N3CCC(CN)CC3)c2)cs1. The van der Waals surface area contributed by atoms with E-state index in [0.29, 0.717) is 11.6 Å². The molecule has 0 aliphatic carbocycles. The highest BCUT2D eigenvalue weighted by molar-refractivity contribution is 7.09. The van der Waals surface area contributed by atoms with Gasteiger partial charge in [0.2, 0.25) is 0 Å². The Hall–Kier alpha value is -1.66. The molecule has 5 nitrogen and oxygen atoms in total. The second-order valence-corrected chi connectivity index (χ2v) is 6.59. The van der Waals surface area contributed by atoms with Gasteiger partial charge in [-0.1, -0.05) is 0 Å². The van der Waals surface area contributed by atoms with Crippen LogP contribution in [-0.2, 0) is 0 Å². The number of carbonyl (C=O) groups is 1. The van der Waals surface area contributed by atoms with E-state index in [2.05, 4.69) is 9.97 Å². The van der Waals surface area contributed by atoms with E-state index in [0.717, 1.165) is 48.7 Å². The quantitative estimate of drug-likeness (QED) is 0.913. The molecule has 1 amide bonds. The highest BCUT2D eigenvalue weighted by Gasteiger charge is 2.23. The Morgan fingerprint density at radius 1 is 1.52 bits per heavy atom. The number of carbonyl (C=O) groups excluding carboxylic acids is 1. The number of nitrogens with one attached hydrogen (secondary N) is 1. The highest BCUT2D eigenvalue weighted by atomic mass is 32.1. The lowest BCUT2D eigenvalue weighted by molar-refractivity contribution is 0.0688. The first kappa shape index (κ1) is 14.3. The molecular formula is C15H20N4OS. The number of nitrogens with two attached hydrogens (primary N) is 1. The summed E-state index contributed by atoms with van der Waals surface area (Å²) in [6, 6.07) is 1.89. The van der Waals surface area contributed by atoms with Crippen LogP contribution in [0.2, 0.25) is 0 Å². The molecule has 3 heterocycles. The lowest BCUT2D eigenvalue weighted by atomic mass is 9.97. The van der Waals surface area contributed by atoms with E-state index in [-0.39, 0.29) is 5.91 Å². The fourth-order valence-electron chi connectivity index (χ4n) is 2.70. The molecule has 2 aromatic rings. The van der Waals surface area contributed by atoms with Gasteiger partial charge in [0.05, 0.1) is 10.7 Å². The molecule has 21 heavy (non-hydrogen) atoms. The van der Waals surface area contributed by atoms with Crippen molar-refractivity contribution in [1.82, 2.24) is 14.9 Å². The zero-order valence-corrected chi connectivity index (χ0v) is 12.9. The molecule has 3 N–H and O–H groups in total. The van der Waals surface area contributed by atoms with Crippen molar-refractivity contribution in [2.45, 2.75) is 19.8 Å². The van der Waals surface area contributed by atoms with Crippen molar-refractivity contribution >= 4 is 17.2 Å². The van der Waals surface area contributed by atoms with Gasteiger partial charge in [0.15, 0.2) is 0 Å². The number of nitrogens with zero attached hydrogens (tertiary/aromatic N) is 2. The number of piperidine rings is 1. The number of hydrogen-bond donors (Lipinski definition) is 2. The summed E-state index contributed by atoms with van der Waals surface area (Å²) >= 11 is 1.62. The van der Waals surface area contributed by atoms with Crippen molar-refractivity contribution in [2.24, 2.45) is 11.7 Å². The molecule has 0 aromatic carbocycles. The van der Waals surface area contributed by atoms with E-state index in [1.54, 1.807) is 11.3 Å². The molecule has 112 valence electrons. The third kappa shape index (κ3) is 3.01. The number of aromatic nitrogens is 2. The number of aryl methyl sites for hydroxylation is 1. The summed E-state index contributed by atoms with van der Waals surface area (Å²) in [5.74, 6) is 0.634. The maximum Gasteiger partial charge on any atom is 0.270 e. The Kier molecular flexibility index (Phi) is 4.07. The molecule has 0 bridgehead atoms. The normalized spacial score (nSPS) is 16.4. The van der Waals surface area contributed by atoms with E-state index < -0.39 is 0 Å². The summed E-state index contributed by atoms with van der Waals surface area (Å²) in [7, 11) is 0. The van der Waals surface area contributed by atoms with Gasteiger partial charge in [0.25, 0.3) is 5.91 Å². The average molecular weight is 304 g/mol. The highest BCUT2D eigenvalue weighted by Crippen LogP contribution is 2.24. The van der Waals surface area contributed by atoms with E-state index >= 15 is 0 Å². The maximum absolute atomic E-state index is 12.5. The molecule has 3 rings (SSSR count). The van der Waals surface area contributed by atoms with Gasteiger partial charge >= 0.3 is 0 Å². The van der Waals surface area contributed by atoms with E-state index in [1.165, 1.54) is 0 Å². The molecule has 1 fully saturated rings. The predicted octanol–water partition coefficient (Wildman–Crippen LogP) is 2.26. The largest absolute Gasteiger partial charge is 0.357 e. The Labute approximate surface area is 128 Å². The summed E-state index contributed by atoms with van der Waals surface area (Å²) in [6.07, 6.45) is 3.86. The summed E-state index contributed by atoms with van der Waals surface area (Å²) in [5.41, 5.74) is 8.23. The van der Waals surface area contributed by atoms with E-state index in [4.69, 9.17) is 5.73 Å². The van der Waals surface area contributed by atoms with Crippen LogP contribution < -0.4 is 5.73 Å². The van der Waals surface area contributed by atoms with Crippen LogP contribution in [-0.4, -0.2) is 40.4 Å². The minimum atomic E-state index is 0.0728. The molecule has 2 aromatic heterocycles. The number of hydrogen-bond acceptors (Lipinski definition) is 4. The number of rotatable bonds is 3. The molecule has 1 aliphatic rings. The van der Waals surface area contributed by atoms with Gasteiger partial charge in [0, 0.05) is 30.2 Å². The molecule has 1 saturated heterocycles. The second kappa shape index (κ2) is 5.99. The Balaban J connectivity index is 1.70. The van der Waals surface area contributed by atoms with E-state index in [1.807, 2.05) is 29.5 Å². The summed E-state index contributed by atoms with van der Waals surface area (Å²) in [5, 5.41) is 3.04. The van der Waals surface area contributed by atoms with Crippen LogP contribution in [0.4, 0.5) is 0 Å². The molecule has 0 saturated carbocycles. The number of likely N-dealkylation sites (tertiary alicyclic amines) is 1. The van der Waals surface area contributed by atoms with Gasteiger partial charge in [-0.25, -0.2) is 4.98 Å². The van der Waals surface area contributed by atoms with Crippen LogP contribution in [0, 0.1) is 12.8 Å². The maximum atomic E-state index is 12.5. The smallest absolute Gasteiger partial charge is 0.270 e. The van der Waals surface area contributed by atoms with Crippen LogP contribution >= 0.6 is 11.3 Å². The van der Waals surface area contributed by atoms with Crippen molar-refractivity contribution in [3.05, 3.63) is 28.3 Å². The first-order chi connectivity index (χ1) is 10.2. The van der Waals surface area contributed by atoms with Gasteiger partial charge < -0.3 is 15.6 Å². The Bertz CT molecular complexity index is 625. The average Bonchev–Trinajstić information content (AvgIpc) is 3.15. The zero-order valence-electron chi connectivity index (χ0n) is 12.1. The van der Waals surface area contributed by atoms with Gasteiger partial charge in [-0.3, -0.25) is 4.79 Å². The van der Waals surface area contributed by atoms with Gasteiger partial charge in [-0.15, -0.1) is 11.3 Å². The molecule has 0 radical (unpaired) electrons. The molecule has 1 aliphatic heterocycles. The Morgan fingerprint density at radius 3 is 2.90 bits per heavy atom. The summed E-state index contributed by atoms with van der Waals surface area (Å²) in [6.45, 7) is 4.29. The predicted molar refractivity (Wildman–Crippen MR) is 84.3 cm³/mol. The topological polar surface area (TPSA) is 75.0 Å². The minimum Gasteiger partial charge on any atom is -0.357 e. The number of aromatic amines is 1. The van der Waals surface area contributed by atoms with Crippen LogP contribution in [0.5, 0.6) is 0 Å². The zero-order chi connectivity index (χ0) is 14.8. The van der Waals surface area contributed by atoms with Crippen molar-refractivity contribution in [2.75, 3.05) is 19.6 Å². The van der Waals surface area contributed by atoms with Crippen LogP contribution in [0.15, 0.2) is 17.6 Å². The van der Waals surface area contributed by atoms with Crippen molar-refractivity contribution in [3.63, 3.8) is 0 Å². The molecule has 6 heteroatoms. The molecule has 0 spiro atoms. The van der Waals surface area contributed by atoms with E-state index in [9.17, 15) is 4.79 Å². The fourth-order valence-corrected chi connectivity index (χ4v) is 3.33. The minimum absolute atomic E-state index is 0.0728. The first-order valence-electron chi connectivity index (χ1n) is 7.27. The lowest BCUT2D eigenvalue weighted by Crippen LogP contribution is -2.40. The van der Waals surface area contributed by atoms with Crippen molar-refractivity contribution in [1.29, 1.82) is 0 Å². The molecule has 0 unspecified atom stereocenters. The monoisotopic (exact) mass is 304 g/mol. The number of thiazole rings is 1. The lowest BCUT2D eigenvalue weighted by Gasteiger charge is -2.31. The van der Waals surface area contributed by atoms with Crippen molar-refractivity contribution in [3.8, 4) is 11.3 Å². The standard InChI is InChI=1S/C15H20N4OS/c1-10-18-14(9-21-10)12-6-13(17-8-12)15(20)19-4-2-11(7-16)3-5-19/h6,8-9,11,17H,2-5,7,16H2,1H3. The van der Waals surface area contributed by atoms with Gasteiger partial charge in [-0.05, 0) is 38.3 Å². The fraction of sp³-hybridized carbons (Fsp3) is 0.467. The van der Waals surface area contributed by atoms with Gasteiger partial charge in [-0.2, -0.15) is 0 Å². The third-order valence-electron chi connectivity index (χ3n) is 4.06. The van der Waals surface area contributed by atoms with Gasteiger partial charge in [0.1, 0.15) is 5.69 Å². The van der Waals surface area contributed by atoms with Crippen LogP contribution in [0.25, 0.3) is 11.3 Å². The Morgan fingerprint density at radius 2 is 2.29 bits per heavy atom. The number of H-pyrrole nitrogens is 1. The first-order valence-corrected chi connectivity index (χ1v) is 8.15. The van der Waals surface area contributed by atoms with Crippen LogP contribution in [0.1, 0.15) is 28.3 Å². The second-order valence-electron chi connectivity index (χ2n) is 5.53. The number of amides is 1. The summed E-state index contributed by atoms with van der Waals surface area (Å²) < 4.78 is 0. The van der Waals surface area contributed by atoms with Crippen LogP contribution in [0.3, 0.4) is 0 Å². The third-order valence-corrected chi connectivity index (χ3v) is 4.84. The molecule has 0 atom stereocenters. The summed E-state index contributed by atoms with van der Waals surface area (Å²) in [4.78, 5) is 21.9. The molecular weight excluding hydrogens is 284 g/mol.